The minimum atomic E-state index is 0.196. The molecule has 0 spiro atoms. The average Bonchev–Trinajstić information content (AvgIpc) is 3.30. The summed E-state index contributed by atoms with van der Waals surface area (Å²) in [4.78, 5) is 17.9. The van der Waals surface area contributed by atoms with Gasteiger partial charge >= 0.3 is 0 Å². The lowest BCUT2D eigenvalue weighted by atomic mass is 9.93. The number of ether oxygens (including phenoxy) is 1. The second-order valence-corrected chi connectivity index (χ2v) is 8.80. The van der Waals surface area contributed by atoms with Gasteiger partial charge in [-0.15, -0.1) is 0 Å². The van der Waals surface area contributed by atoms with E-state index in [0.717, 1.165) is 73.8 Å². The van der Waals surface area contributed by atoms with Crippen LogP contribution < -0.4 is 0 Å². The molecule has 2 aliphatic heterocycles. The first-order chi connectivity index (χ1) is 14.5. The number of rotatable bonds is 7. The van der Waals surface area contributed by atoms with Crippen molar-refractivity contribution < 1.29 is 14.1 Å². The molecule has 4 rings (SSSR count). The van der Waals surface area contributed by atoms with Crippen molar-refractivity contribution in [3.8, 4) is 5.82 Å². The second-order valence-electron chi connectivity index (χ2n) is 8.80. The molecule has 0 amide bonds. The molecule has 2 fully saturated rings. The molecule has 7 nitrogen and oxygen atoms in total. The molecule has 0 saturated carbocycles. The molecule has 0 aliphatic carbocycles. The molecule has 0 radical (unpaired) electrons. The Balaban J connectivity index is 1.29. The molecule has 0 aromatic carbocycles. The topological polar surface area (TPSA) is 63.7 Å². The standard InChI is InChI=1S/C23H34N4O3/c1-17-14-21(19(3)27(17)23-15-18(2)30-24-23)22(28)16-26-8-5-20(6-9-26)4-7-25-10-12-29-13-11-25/h14-15,20H,4-13,16H2,1-3H3. The highest BCUT2D eigenvalue weighted by molar-refractivity contribution is 5.99. The molecule has 2 saturated heterocycles. The molecule has 0 bridgehead atoms. The van der Waals surface area contributed by atoms with E-state index in [1.165, 1.54) is 25.8 Å². The summed E-state index contributed by atoms with van der Waals surface area (Å²) in [5.74, 6) is 2.48. The normalized spacial score (nSPS) is 19.4. The zero-order valence-electron chi connectivity index (χ0n) is 18.5. The number of hydrogen-bond acceptors (Lipinski definition) is 6. The van der Waals surface area contributed by atoms with Crippen molar-refractivity contribution in [1.82, 2.24) is 19.5 Å². The molecule has 4 heterocycles. The van der Waals surface area contributed by atoms with Gasteiger partial charge in [0, 0.05) is 36.1 Å². The van der Waals surface area contributed by atoms with E-state index in [0.29, 0.717) is 6.54 Å². The van der Waals surface area contributed by atoms with Crippen LogP contribution in [0.3, 0.4) is 0 Å². The van der Waals surface area contributed by atoms with Gasteiger partial charge < -0.3 is 9.26 Å². The highest BCUT2D eigenvalue weighted by Crippen LogP contribution is 2.24. The van der Waals surface area contributed by atoms with Crippen LogP contribution in [0.25, 0.3) is 5.82 Å². The molecule has 2 aliphatic rings. The van der Waals surface area contributed by atoms with Crippen LogP contribution in [0.4, 0.5) is 0 Å². The van der Waals surface area contributed by atoms with Gasteiger partial charge in [-0.3, -0.25) is 19.2 Å². The number of morpholine rings is 1. The predicted octanol–water partition coefficient (Wildman–Crippen LogP) is 3.01. The van der Waals surface area contributed by atoms with Crippen LogP contribution in [0.1, 0.15) is 46.8 Å². The first-order valence-corrected chi connectivity index (χ1v) is 11.2. The predicted molar refractivity (Wildman–Crippen MR) is 115 cm³/mol. The fraction of sp³-hybridized carbons (Fsp3) is 0.652. The average molecular weight is 415 g/mol. The number of carbonyl (C=O) groups excluding carboxylic acids is 1. The Morgan fingerprint density at radius 2 is 1.80 bits per heavy atom. The Labute approximate surface area is 178 Å². The largest absolute Gasteiger partial charge is 0.379 e. The molecule has 0 unspecified atom stereocenters. The van der Waals surface area contributed by atoms with Gasteiger partial charge in [0.15, 0.2) is 11.6 Å². The molecule has 0 N–H and O–H groups in total. The summed E-state index contributed by atoms with van der Waals surface area (Å²) >= 11 is 0. The van der Waals surface area contributed by atoms with E-state index in [1.807, 2.05) is 37.5 Å². The first kappa shape index (κ1) is 21.3. The molecule has 0 atom stereocenters. The van der Waals surface area contributed by atoms with Gasteiger partial charge in [-0.1, -0.05) is 5.16 Å². The SMILES string of the molecule is Cc1cc(-n2c(C)cc(C(=O)CN3CCC(CCN4CCOCC4)CC3)c2C)no1. The van der Waals surface area contributed by atoms with Crippen LogP contribution in [-0.2, 0) is 4.74 Å². The summed E-state index contributed by atoms with van der Waals surface area (Å²) in [6, 6.07) is 3.88. The lowest BCUT2D eigenvalue weighted by Crippen LogP contribution is -2.40. The molecule has 2 aromatic heterocycles. The Morgan fingerprint density at radius 3 is 2.47 bits per heavy atom. The fourth-order valence-corrected chi connectivity index (χ4v) is 4.77. The van der Waals surface area contributed by atoms with E-state index in [9.17, 15) is 4.79 Å². The van der Waals surface area contributed by atoms with Crippen LogP contribution in [0.5, 0.6) is 0 Å². The minimum absolute atomic E-state index is 0.196. The second kappa shape index (κ2) is 9.45. The fourth-order valence-electron chi connectivity index (χ4n) is 4.77. The molecule has 164 valence electrons. The highest BCUT2D eigenvalue weighted by Gasteiger charge is 2.24. The molecular formula is C23H34N4O3. The van der Waals surface area contributed by atoms with Crippen LogP contribution in [0, 0.1) is 26.7 Å². The molecule has 7 heteroatoms. The Bertz CT molecular complexity index is 858. The molecular weight excluding hydrogens is 380 g/mol. The number of likely N-dealkylation sites (tertiary alicyclic amines) is 1. The van der Waals surface area contributed by atoms with Gasteiger partial charge in [0.05, 0.1) is 19.8 Å². The monoisotopic (exact) mass is 414 g/mol. The highest BCUT2D eigenvalue weighted by atomic mass is 16.5. The summed E-state index contributed by atoms with van der Waals surface area (Å²) in [5.41, 5.74) is 2.74. The summed E-state index contributed by atoms with van der Waals surface area (Å²) in [7, 11) is 0. The van der Waals surface area contributed by atoms with Crippen LogP contribution in [0.2, 0.25) is 0 Å². The van der Waals surface area contributed by atoms with E-state index in [1.54, 1.807) is 0 Å². The number of piperidine rings is 1. The van der Waals surface area contributed by atoms with E-state index < -0.39 is 0 Å². The summed E-state index contributed by atoms with van der Waals surface area (Å²) < 4.78 is 12.6. The van der Waals surface area contributed by atoms with Gasteiger partial charge in [0.2, 0.25) is 0 Å². The van der Waals surface area contributed by atoms with Crippen molar-refractivity contribution in [1.29, 1.82) is 0 Å². The lowest BCUT2D eigenvalue weighted by molar-refractivity contribution is 0.0335. The quantitative estimate of drug-likeness (QED) is 0.649. The van der Waals surface area contributed by atoms with E-state index in [2.05, 4.69) is 15.0 Å². The van der Waals surface area contributed by atoms with Crippen molar-refractivity contribution in [2.45, 2.75) is 40.0 Å². The maximum atomic E-state index is 13.0. The number of ketones is 1. The Hall–Kier alpha value is -1.96. The first-order valence-electron chi connectivity index (χ1n) is 11.2. The van der Waals surface area contributed by atoms with Crippen molar-refractivity contribution in [2.75, 3.05) is 52.5 Å². The summed E-state index contributed by atoms with van der Waals surface area (Å²) in [6.45, 7) is 13.5. The minimum Gasteiger partial charge on any atom is -0.379 e. The van der Waals surface area contributed by atoms with E-state index >= 15 is 0 Å². The smallest absolute Gasteiger partial charge is 0.180 e. The van der Waals surface area contributed by atoms with E-state index in [-0.39, 0.29) is 5.78 Å². The molecule has 30 heavy (non-hydrogen) atoms. The van der Waals surface area contributed by atoms with Crippen molar-refractivity contribution >= 4 is 5.78 Å². The van der Waals surface area contributed by atoms with Crippen LogP contribution in [-0.4, -0.2) is 77.8 Å². The third-order valence-corrected chi connectivity index (χ3v) is 6.61. The van der Waals surface area contributed by atoms with Crippen molar-refractivity contribution in [2.24, 2.45) is 5.92 Å². The Morgan fingerprint density at radius 1 is 1.07 bits per heavy atom. The lowest BCUT2D eigenvalue weighted by Gasteiger charge is -2.33. The number of aryl methyl sites for hydroxylation is 2. The van der Waals surface area contributed by atoms with Crippen LogP contribution in [0.15, 0.2) is 16.7 Å². The maximum absolute atomic E-state index is 13.0. The van der Waals surface area contributed by atoms with Crippen molar-refractivity contribution in [3.63, 3.8) is 0 Å². The van der Waals surface area contributed by atoms with Crippen molar-refractivity contribution in [3.05, 3.63) is 34.8 Å². The Kier molecular flexibility index (Phi) is 6.71. The van der Waals surface area contributed by atoms with Gasteiger partial charge in [0.25, 0.3) is 0 Å². The van der Waals surface area contributed by atoms with E-state index in [4.69, 9.17) is 9.26 Å². The zero-order chi connectivity index (χ0) is 21.1. The van der Waals surface area contributed by atoms with Gasteiger partial charge in [-0.25, -0.2) is 0 Å². The molecule has 2 aromatic rings. The zero-order valence-corrected chi connectivity index (χ0v) is 18.5. The number of Topliss-reactive ketones (excluding diaryl/α,β-unsaturated/α-hetero) is 1. The van der Waals surface area contributed by atoms with Gasteiger partial charge in [-0.05, 0) is 71.7 Å². The van der Waals surface area contributed by atoms with Gasteiger partial charge in [0.1, 0.15) is 5.76 Å². The number of nitrogens with zero attached hydrogens (tertiary/aromatic N) is 4. The summed E-state index contributed by atoms with van der Waals surface area (Å²) in [6.07, 6.45) is 3.64. The van der Waals surface area contributed by atoms with Gasteiger partial charge in [-0.2, -0.15) is 0 Å². The number of hydrogen-bond donors (Lipinski definition) is 0. The third kappa shape index (κ3) is 4.85. The summed E-state index contributed by atoms with van der Waals surface area (Å²) in [5, 5.41) is 4.11. The number of aromatic nitrogens is 2. The number of carbonyl (C=O) groups is 1. The van der Waals surface area contributed by atoms with Crippen LogP contribution >= 0.6 is 0 Å². The maximum Gasteiger partial charge on any atom is 0.180 e. The third-order valence-electron chi connectivity index (χ3n) is 6.61.